The molecule has 0 spiro atoms. The fourth-order valence-electron chi connectivity index (χ4n) is 3.84. The molecule has 0 aliphatic carbocycles. The highest BCUT2D eigenvalue weighted by molar-refractivity contribution is 5.94. The molecule has 1 fully saturated rings. The van der Waals surface area contributed by atoms with Crippen molar-refractivity contribution in [1.82, 2.24) is 20.4 Å². The lowest BCUT2D eigenvalue weighted by Gasteiger charge is -2.33. The summed E-state index contributed by atoms with van der Waals surface area (Å²) in [6.07, 6.45) is 0.474. The molecule has 0 saturated carbocycles. The maximum absolute atomic E-state index is 13.0. The van der Waals surface area contributed by atoms with Crippen LogP contribution in [0.2, 0.25) is 0 Å². The minimum atomic E-state index is -0.815. The number of rotatable bonds is 5. The van der Waals surface area contributed by atoms with Gasteiger partial charge in [0.15, 0.2) is 17.8 Å². The van der Waals surface area contributed by atoms with Crippen LogP contribution in [0.4, 0.5) is 5.82 Å². The Labute approximate surface area is 175 Å². The van der Waals surface area contributed by atoms with E-state index in [0.29, 0.717) is 23.7 Å². The van der Waals surface area contributed by atoms with Crippen LogP contribution in [0.15, 0.2) is 30.3 Å². The molecule has 4 unspecified atom stereocenters. The van der Waals surface area contributed by atoms with Gasteiger partial charge in [-0.15, -0.1) is 0 Å². The lowest BCUT2D eigenvalue weighted by molar-refractivity contribution is -0.128. The van der Waals surface area contributed by atoms with Crippen LogP contribution in [0.1, 0.15) is 45.1 Å². The van der Waals surface area contributed by atoms with E-state index in [1.165, 1.54) is 0 Å². The largest absolute Gasteiger partial charge is 0.482 e. The summed E-state index contributed by atoms with van der Waals surface area (Å²) >= 11 is 0. The van der Waals surface area contributed by atoms with Crippen molar-refractivity contribution in [2.75, 3.05) is 5.32 Å². The van der Waals surface area contributed by atoms with Gasteiger partial charge in [0.1, 0.15) is 11.9 Å². The van der Waals surface area contributed by atoms with Gasteiger partial charge >= 0.3 is 0 Å². The van der Waals surface area contributed by atoms with Crippen LogP contribution in [-0.2, 0) is 9.59 Å². The number of fused-ring (bicyclic) bond motifs is 1. The average molecular weight is 413 g/mol. The molecule has 0 radical (unpaired) electrons. The number of hydrogen-bond donors (Lipinski definition) is 3. The number of carbonyl (C=O) groups is 2. The minimum Gasteiger partial charge on any atom is -0.482 e. The molecule has 3 heterocycles. The van der Waals surface area contributed by atoms with Crippen LogP contribution in [-0.4, -0.2) is 39.8 Å². The summed E-state index contributed by atoms with van der Waals surface area (Å²) < 4.78 is 13.3. The fourth-order valence-corrected chi connectivity index (χ4v) is 3.84. The summed E-state index contributed by atoms with van der Waals surface area (Å²) in [5, 5.41) is 13.6. The van der Waals surface area contributed by atoms with E-state index in [1.807, 2.05) is 25.1 Å². The number of nitrogens with zero attached hydrogens (tertiary/aromatic N) is 2. The molecule has 1 aromatic heterocycles. The number of para-hydroxylation sites is 2. The molecule has 30 heavy (non-hydrogen) atoms. The van der Waals surface area contributed by atoms with Crippen molar-refractivity contribution >= 4 is 17.6 Å². The zero-order valence-corrected chi connectivity index (χ0v) is 17.3. The summed E-state index contributed by atoms with van der Waals surface area (Å²) in [5.41, 5.74) is 0.721. The molecule has 9 heteroatoms. The van der Waals surface area contributed by atoms with Crippen molar-refractivity contribution in [3.63, 3.8) is 0 Å². The number of anilines is 1. The first-order chi connectivity index (χ1) is 14.4. The molecule has 2 aliphatic rings. The summed E-state index contributed by atoms with van der Waals surface area (Å²) in [7, 11) is 0. The Bertz CT molecular complexity index is 943. The Morgan fingerprint density at radius 2 is 2.03 bits per heavy atom. The zero-order chi connectivity index (χ0) is 21.3. The molecular weight excluding hydrogens is 386 g/mol. The summed E-state index contributed by atoms with van der Waals surface area (Å²) in [5.74, 6) is 1.24. The maximum atomic E-state index is 13.0. The Morgan fingerprint density at radius 3 is 2.77 bits per heavy atom. The van der Waals surface area contributed by atoms with Gasteiger partial charge in [0.25, 0.3) is 5.91 Å². The molecule has 4 atom stereocenters. The second-order valence-electron chi connectivity index (χ2n) is 7.74. The number of benzene rings is 1. The third-order valence-corrected chi connectivity index (χ3v) is 5.21. The molecule has 2 aromatic rings. The van der Waals surface area contributed by atoms with Crippen molar-refractivity contribution in [2.24, 2.45) is 0 Å². The van der Waals surface area contributed by atoms with Crippen molar-refractivity contribution in [1.29, 1.82) is 0 Å². The van der Waals surface area contributed by atoms with Gasteiger partial charge in [-0.3, -0.25) is 14.9 Å². The van der Waals surface area contributed by atoms with Gasteiger partial charge in [0.2, 0.25) is 12.0 Å². The summed E-state index contributed by atoms with van der Waals surface area (Å²) in [4.78, 5) is 25.2. The second-order valence-corrected chi connectivity index (χ2v) is 7.74. The SMILES string of the molecule is CCCC1CC(=O)NC(n2nc(C)cc2NC(=O)C2Oc3ccccc3OC2C)N1. The Morgan fingerprint density at radius 1 is 1.30 bits per heavy atom. The van der Waals surface area contributed by atoms with E-state index in [0.717, 1.165) is 18.5 Å². The number of amides is 2. The lowest BCUT2D eigenvalue weighted by atomic mass is 10.1. The third kappa shape index (κ3) is 4.11. The Kier molecular flexibility index (Phi) is 5.63. The third-order valence-electron chi connectivity index (χ3n) is 5.21. The topological polar surface area (TPSA) is 107 Å². The van der Waals surface area contributed by atoms with E-state index < -0.39 is 18.5 Å². The maximum Gasteiger partial charge on any atom is 0.270 e. The molecule has 9 nitrogen and oxygen atoms in total. The zero-order valence-electron chi connectivity index (χ0n) is 17.3. The van der Waals surface area contributed by atoms with Crippen molar-refractivity contribution in [3.05, 3.63) is 36.0 Å². The number of hydrogen-bond acceptors (Lipinski definition) is 6. The molecular formula is C21H27N5O4. The Hall–Kier alpha value is -3.07. The van der Waals surface area contributed by atoms with E-state index in [2.05, 4.69) is 28.0 Å². The van der Waals surface area contributed by atoms with Gasteiger partial charge in [-0.2, -0.15) is 5.10 Å². The van der Waals surface area contributed by atoms with Crippen LogP contribution >= 0.6 is 0 Å². The van der Waals surface area contributed by atoms with E-state index >= 15 is 0 Å². The first-order valence-electron chi connectivity index (χ1n) is 10.3. The highest BCUT2D eigenvalue weighted by atomic mass is 16.6. The van der Waals surface area contributed by atoms with Crippen LogP contribution < -0.4 is 25.4 Å². The number of aryl methyl sites for hydroxylation is 1. The van der Waals surface area contributed by atoms with Gasteiger partial charge in [-0.25, -0.2) is 4.68 Å². The number of aromatic nitrogens is 2. The minimum absolute atomic E-state index is 0.0446. The monoisotopic (exact) mass is 413 g/mol. The highest BCUT2D eigenvalue weighted by Crippen LogP contribution is 2.33. The molecule has 160 valence electrons. The molecule has 4 rings (SSSR count). The van der Waals surface area contributed by atoms with Crippen molar-refractivity contribution < 1.29 is 19.1 Å². The molecule has 3 N–H and O–H groups in total. The van der Waals surface area contributed by atoms with E-state index in [1.54, 1.807) is 23.7 Å². The van der Waals surface area contributed by atoms with Crippen LogP contribution in [0.3, 0.4) is 0 Å². The Balaban J connectivity index is 1.52. The van der Waals surface area contributed by atoms with Gasteiger partial charge < -0.3 is 20.1 Å². The predicted molar refractivity (Wildman–Crippen MR) is 110 cm³/mol. The lowest BCUT2D eigenvalue weighted by Crippen LogP contribution is -2.53. The summed E-state index contributed by atoms with van der Waals surface area (Å²) in [6.45, 7) is 5.71. The van der Waals surface area contributed by atoms with E-state index in [9.17, 15) is 9.59 Å². The van der Waals surface area contributed by atoms with Gasteiger partial charge in [0.05, 0.1) is 5.69 Å². The van der Waals surface area contributed by atoms with E-state index in [4.69, 9.17) is 9.47 Å². The highest BCUT2D eigenvalue weighted by Gasteiger charge is 2.35. The average Bonchev–Trinajstić information content (AvgIpc) is 3.07. The number of nitrogens with one attached hydrogen (secondary N) is 3. The normalized spacial score (nSPS) is 25.5. The second kappa shape index (κ2) is 8.35. The number of ether oxygens (including phenoxy) is 2. The molecule has 1 saturated heterocycles. The van der Waals surface area contributed by atoms with Crippen LogP contribution in [0, 0.1) is 6.92 Å². The molecule has 1 aromatic carbocycles. The van der Waals surface area contributed by atoms with Crippen molar-refractivity contribution in [3.8, 4) is 11.5 Å². The van der Waals surface area contributed by atoms with Crippen molar-refractivity contribution in [2.45, 2.75) is 64.6 Å². The molecule has 2 amide bonds. The van der Waals surface area contributed by atoms with Crippen LogP contribution in [0.5, 0.6) is 11.5 Å². The first kappa shape index (κ1) is 20.2. The standard InChI is InChI=1S/C21H27N5O4/c1-4-7-14-11-18(27)24-21(22-14)26-17(10-12(2)25-26)23-20(28)19-13(3)29-15-8-5-6-9-16(15)30-19/h5-6,8-10,13-14,19,21-22H,4,7,11H2,1-3H3,(H,23,28)(H,24,27). The van der Waals surface area contributed by atoms with Crippen LogP contribution in [0.25, 0.3) is 0 Å². The predicted octanol–water partition coefficient (Wildman–Crippen LogP) is 2.09. The van der Waals surface area contributed by atoms with Gasteiger partial charge in [-0.05, 0) is 32.4 Å². The first-order valence-corrected chi connectivity index (χ1v) is 10.3. The van der Waals surface area contributed by atoms with Gasteiger partial charge in [-0.1, -0.05) is 25.5 Å². The van der Waals surface area contributed by atoms with E-state index in [-0.39, 0.29) is 17.9 Å². The quantitative estimate of drug-likeness (QED) is 0.693. The number of carbonyl (C=O) groups excluding carboxylic acids is 2. The molecule has 0 bridgehead atoms. The summed E-state index contributed by atoms with van der Waals surface area (Å²) in [6, 6.07) is 9.09. The molecule has 2 aliphatic heterocycles. The van der Waals surface area contributed by atoms with Gasteiger partial charge in [0, 0.05) is 18.5 Å². The fraction of sp³-hybridized carbons (Fsp3) is 0.476. The smallest absolute Gasteiger partial charge is 0.270 e.